The van der Waals surface area contributed by atoms with Crippen molar-refractivity contribution in [3.8, 4) is 0 Å². The lowest BCUT2D eigenvalue weighted by molar-refractivity contribution is 0.417. The maximum Gasteiger partial charge on any atom is 0.147 e. The standard InChI is InChI=1S/C22H36N4/c1-5-6-14-24-20-16-18-17(12-10-13-19(18)26-21(20)23)11-8-7-9-15-25-22(2,3)4/h10,12-13,16,24-25H,5-9,11,14-15H2,1-4H3,(H2,23,26). The first-order chi connectivity index (χ1) is 12.4. The number of aryl methyl sites for hydroxylation is 1. The molecule has 0 unspecified atom stereocenters. The van der Waals surface area contributed by atoms with Crippen LogP contribution in [0.1, 0.15) is 65.4 Å². The highest BCUT2D eigenvalue weighted by atomic mass is 15.0. The molecule has 1 aromatic carbocycles. The Labute approximate surface area is 159 Å². The summed E-state index contributed by atoms with van der Waals surface area (Å²) in [6.45, 7) is 10.9. The molecule has 0 saturated carbocycles. The average Bonchev–Trinajstić information content (AvgIpc) is 2.58. The molecule has 1 aromatic heterocycles. The molecule has 4 nitrogen and oxygen atoms in total. The number of aromatic nitrogens is 1. The third-order valence-electron chi connectivity index (χ3n) is 4.60. The lowest BCUT2D eigenvalue weighted by atomic mass is 10.0. The van der Waals surface area contributed by atoms with Crippen molar-refractivity contribution in [2.24, 2.45) is 0 Å². The number of benzene rings is 1. The van der Waals surface area contributed by atoms with Gasteiger partial charge in [-0.05, 0) is 70.7 Å². The van der Waals surface area contributed by atoms with E-state index in [4.69, 9.17) is 5.73 Å². The maximum atomic E-state index is 6.13. The van der Waals surface area contributed by atoms with Gasteiger partial charge in [0.2, 0.25) is 0 Å². The molecular weight excluding hydrogens is 320 g/mol. The van der Waals surface area contributed by atoms with Crippen LogP contribution in [0, 0.1) is 0 Å². The molecule has 144 valence electrons. The molecule has 0 radical (unpaired) electrons. The number of anilines is 2. The fraction of sp³-hybridized carbons (Fsp3) is 0.591. The first-order valence-corrected chi connectivity index (χ1v) is 10.1. The summed E-state index contributed by atoms with van der Waals surface area (Å²) >= 11 is 0. The average molecular weight is 357 g/mol. The molecule has 0 fully saturated rings. The Hall–Kier alpha value is -1.81. The molecule has 1 heterocycles. The Morgan fingerprint density at radius 1 is 1.04 bits per heavy atom. The molecule has 0 aliphatic carbocycles. The van der Waals surface area contributed by atoms with Gasteiger partial charge in [-0.2, -0.15) is 0 Å². The Morgan fingerprint density at radius 3 is 2.58 bits per heavy atom. The second-order valence-corrected chi connectivity index (χ2v) is 8.17. The zero-order valence-electron chi connectivity index (χ0n) is 17.0. The van der Waals surface area contributed by atoms with Crippen LogP contribution in [0.25, 0.3) is 10.9 Å². The smallest absolute Gasteiger partial charge is 0.147 e. The summed E-state index contributed by atoms with van der Waals surface area (Å²) in [5.41, 5.74) is 9.67. The van der Waals surface area contributed by atoms with Gasteiger partial charge in [-0.15, -0.1) is 0 Å². The van der Waals surface area contributed by atoms with E-state index in [-0.39, 0.29) is 5.54 Å². The molecule has 0 amide bonds. The number of fused-ring (bicyclic) bond motifs is 1. The molecule has 0 aliphatic rings. The Kier molecular flexibility index (Phi) is 7.70. The first kappa shape index (κ1) is 20.5. The topological polar surface area (TPSA) is 63.0 Å². The van der Waals surface area contributed by atoms with Gasteiger partial charge in [0, 0.05) is 17.5 Å². The molecule has 4 heteroatoms. The second-order valence-electron chi connectivity index (χ2n) is 8.17. The number of rotatable bonds is 10. The normalized spacial score (nSPS) is 11.8. The van der Waals surface area contributed by atoms with Crippen molar-refractivity contribution < 1.29 is 0 Å². The lowest BCUT2D eigenvalue weighted by Crippen LogP contribution is -2.36. The van der Waals surface area contributed by atoms with Crippen LogP contribution in [0.3, 0.4) is 0 Å². The van der Waals surface area contributed by atoms with Crippen LogP contribution >= 0.6 is 0 Å². The highest BCUT2D eigenvalue weighted by Crippen LogP contribution is 2.26. The van der Waals surface area contributed by atoms with Crippen molar-refractivity contribution in [3.63, 3.8) is 0 Å². The Bertz CT molecular complexity index is 688. The molecular formula is C22H36N4. The van der Waals surface area contributed by atoms with E-state index >= 15 is 0 Å². The molecule has 0 aliphatic heterocycles. The Balaban J connectivity index is 1.97. The number of nitrogens with zero attached hydrogens (tertiary/aromatic N) is 1. The van der Waals surface area contributed by atoms with Crippen molar-refractivity contribution in [3.05, 3.63) is 29.8 Å². The highest BCUT2D eigenvalue weighted by molar-refractivity contribution is 5.88. The van der Waals surface area contributed by atoms with E-state index in [2.05, 4.69) is 67.6 Å². The minimum atomic E-state index is 0.211. The summed E-state index contributed by atoms with van der Waals surface area (Å²) in [5.74, 6) is 0.596. The minimum Gasteiger partial charge on any atom is -0.382 e. The third kappa shape index (κ3) is 6.49. The summed E-state index contributed by atoms with van der Waals surface area (Å²) in [7, 11) is 0. The summed E-state index contributed by atoms with van der Waals surface area (Å²) in [6.07, 6.45) is 7.06. The summed E-state index contributed by atoms with van der Waals surface area (Å²) in [5, 5.41) is 8.22. The monoisotopic (exact) mass is 356 g/mol. The van der Waals surface area contributed by atoms with Gasteiger partial charge in [0.15, 0.2) is 0 Å². The molecule has 0 atom stereocenters. The van der Waals surface area contributed by atoms with Crippen LogP contribution in [0.2, 0.25) is 0 Å². The van der Waals surface area contributed by atoms with E-state index in [0.717, 1.165) is 37.1 Å². The fourth-order valence-corrected chi connectivity index (χ4v) is 3.11. The molecule has 2 aromatic rings. The van der Waals surface area contributed by atoms with Gasteiger partial charge in [-0.3, -0.25) is 0 Å². The Morgan fingerprint density at radius 2 is 1.85 bits per heavy atom. The summed E-state index contributed by atoms with van der Waals surface area (Å²) < 4.78 is 0. The highest BCUT2D eigenvalue weighted by Gasteiger charge is 2.09. The van der Waals surface area contributed by atoms with Gasteiger partial charge >= 0.3 is 0 Å². The molecule has 4 N–H and O–H groups in total. The molecule has 0 spiro atoms. The SMILES string of the molecule is CCCCNc1cc2c(CCCCCNC(C)(C)C)cccc2nc1N. The third-order valence-corrected chi connectivity index (χ3v) is 4.60. The van der Waals surface area contributed by atoms with Crippen LogP contribution in [0.5, 0.6) is 0 Å². The number of hydrogen-bond acceptors (Lipinski definition) is 4. The molecule has 2 rings (SSSR count). The van der Waals surface area contributed by atoms with Gasteiger partial charge in [-0.25, -0.2) is 4.98 Å². The van der Waals surface area contributed by atoms with Gasteiger partial charge in [-0.1, -0.05) is 31.9 Å². The van der Waals surface area contributed by atoms with Crippen molar-refractivity contribution in [2.45, 2.75) is 71.8 Å². The predicted octanol–water partition coefficient (Wildman–Crippen LogP) is 5.13. The molecule has 0 saturated heterocycles. The molecule has 0 bridgehead atoms. The number of hydrogen-bond donors (Lipinski definition) is 3. The van der Waals surface area contributed by atoms with Gasteiger partial charge < -0.3 is 16.4 Å². The summed E-state index contributed by atoms with van der Waals surface area (Å²) in [6, 6.07) is 8.56. The fourth-order valence-electron chi connectivity index (χ4n) is 3.11. The number of nitrogens with two attached hydrogens (primary N) is 1. The van der Waals surface area contributed by atoms with Crippen molar-refractivity contribution in [1.29, 1.82) is 0 Å². The minimum absolute atomic E-state index is 0.211. The first-order valence-electron chi connectivity index (χ1n) is 10.1. The van der Waals surface area contributed by atoms with Crippen LogP contribution in [0.4, 0.5) is 11.5 Å². The van der Waals surface area contributed by atoms with E-state index < -0.39 is 0 Å². The maximum absolute atomic E-state index is 6.13. The zero-order valence-corrected chi connectivity index (χ0v) is 17.0. The van der Waals surface area contributed by atoms with E-state index in [1.165, 1.54) is 36.6 Å². The van der Waals surface area contributed by atoms with Crippen molar-refractivity contribution in [2.75, 3.05) is 24.1 Å². The van der Waals surface area contributed by atoms with E-state index in [9.17, 15) is 0 Å². The van der Waals surface area contributed by atoms with Crippen LogP contribution in [-0.4, -0.2) is 23.6 Å². The van der Waals surface area contributed by atoms with Crippen molar-refractivity contribution >= 4 is 22.4 Å². The van der Waals surface area contributed by atoms with Gasteiger partial charge in [0.05, 0.1) is 11.2 Å². The second kappa shape index (κ2) is 9.77. The molecule has 26 heavy (non-hydrogen) atoms. The lowest BCUT2D eigenvalue weighted by Gasteiger charge is -2.20. The predicted molar refractivity (Wildman–Crippen MR) is 115 cm³/mol. The summed E-state index contributed by atoms with van der Waals surface area (Å²) in [4.78, 5) is 4.60. The largest absolute Gasteiger partial charge is 0.382 e. The number of nitrogens with one attached hydrogen (secondary N) is 2. The zero-order chi connectivity index (χ0) is 19.0. The van der Waals surface area contributed by atoms with Crippen LogP contribution in [-0.2, 0) is 6.42 Å². The number of nitrogen functional groups attached to an aromatic ring is 1. The van der Waals surface area contributed by atoms with E-state index in [1.807, 2.05) is 0 Å². The van der Waals surface area contributed by atoms with E-state index in [0.29, 0.717) is 5.82 Å². The number of pyridine rings is 1. The number of unbranched alkanes of at least 4 members (excludes halogenated alkanes) is 3. The van der Waals surface area contributed by atoms with Gasteiger partial charge in [0.25, 0.3) is 0 Å². The van der Waals surface area contributed by atoms with E-state index in [1.54, 1.807) is 0 Å². The van der Waals surface area contributed by atoms with Crippen molar-refractivity contribution in [1.82, 2.24) is 10.3 Å². The van der Waals surface area contributed by atoms with Gasteiger partial charge in [0.1, 0.15) is 5.82 Å². The quantitative estimate of drug-likeness (QED) is 0.516. The van der Waals surface area contributed by atoms with Crippen LogP contribution < -0.4 is 16.4 Å². The van der Waals surface area contributed by atoms with Crippen LogP contribution in [0.15, 0.2) is 24.3 Å².